The fourth-order valence-electron chi connectivity index (χ4n) is 5.29. The van der Waals surface area contributed by atoms with Gasteiger partial charge in [-0.15, -0.1) is 0 Å². The van der Waals surface area contributed by atoms with Crippen molar-refractivity contribution in [2.75, 3.05) is 4.81 Å². The summed E-state index contributed by atoms with van der Waals surface area (Å²) in [5.74, 6) is 1.67. The van der Waals surface area contributed by atoms with E-state index in [9.17, 15) is 0 Å². The second-order valence-corrected chi connectivity index (χ2v) is 8.37. The van der Waals surface area contributed by atoms with Crippen molar-refractivity contribution in [2.24, 2.45) is 0 Å². The SMILES string of the molecule is c1cnc2c(c1)N1B(Oc3ccc(-n4c5ccccc5c5ccccc54)cc31)n1ccnc1-2. The molecule has 154 valence electrons. The summed E-state index contributed by atoms with van der Waals surface area (Å²) in [6, 6.07) is 27.6. The molecular weight excluding hydrogens is 409 g/mol. The average Bonchev–Trinajstić information content (AvgIpc) is 3.58. The minimum absolute atomic E-state index is 0.317. The van der Waals surface area contributed by atoms with Gasteiger partial charge >= 0.3 is 7.19 Å². The predicted molar refractivity (Wildman–Crippen MR) is 130 cm³/mol. The van der Waals surface area contributed by atoms with Crippen LogP contribution >= 0.6 is 0 Å². The summed E-state index contributed by atoms with van der Waals surface area (Å²) in [6.45, 7) is 0. The lowest BCUT2D eigenvalue weighted by Crippen LogP contribution is -2.46. The van der Waals surface area contributed by atoms with E-state index in [0.717, 1.165) is 34.3 Å². The normalized spacial score (nSPS) is 13.6. The van der Waals surface area contributed by atoms with Gasteiger partial charge in [0.25, 0.3) is 0 Å². The maximum absolute atomic E-state index is 6.41. The van der Waals surface area contributed by atoms with Gasteiger partial charge in [-0.25, -0.2) is 4.98 Å². The van der Waals surface area contributed by atoms with Crippen LogP contribution in [0.2, 0.25) is 0 Å². The first-order chi connectivity index (χ1) is 16.4. The number of rotatable bonds is 1. The summed E-state index contributed by atoms with van der Waals surface area (Å²) in [5.41, 5.74) is 6.35. The summed E-state index contributed by atoms with van der Waals surface area (Å²) in [4.78, 5) is 11.4. The van der Waals surface area contributed by atoms with Crippen LogP contribution in [0.4, 0.5) is 11.4 Å². The molecule has 8 rings (SSSR count). The molecule has 33 heavy (non-hydrogen) atoms. The Morgan fingerprint density at radius 3 is 2.33 bits per heavy atom. The molecule has 0 unspecified atom stereocenters. The number of hydrogen-bond donors (Lipinski definition) is 0. The number of pyridine rings is 1. The summed E-state index contributed by atoms with van der Waals surface area (Å²) >= 11 is 0. The van der Waals surface area contributed by atoms with Gasteiger partial charge in [0.2, 0.25) is 0 Å². The number of para-hydroxylation sites is 2. The van der Waals surface area contributed by atoms with Crippen LogP contribution in [-0.2, 0) is 0 Å². The predicted octanol–water partition coefficient (Wildman–Crippen LogP) is 5.42. The highest BCUT2D eigenvalue weighted by Gasteiger charge is 2.46. The zero-order valence-corrected chi connectivity index (χ0v) is 17.5. The van der Waals surface area contributed by atoms with E-state index in [1.165, 1.54) is 21.8 Å². The van der Waals surface area contributed by atoms with Crippen molar-refractivity contribution in [3.05, 3.63) is 97.5 Å². The Hall–Kier alpha value is -4.52. The number of fused-ring (bicyclic) bond motifs is 11. The van der Waals surface area contributed by atoms with Crippen LogP contribution in [0, 0.1) is 0 Å². The topological polar surface area (TPSA) is 48.1 Å². The molecule has 0 fully saturated rings. The monoisotopic (exact) mass is 425 g/mol. The fourth-order valence-corrected chi connectivity index (χ4v) is 5.29. The summed E-state index contributed by atoms with van der Waals surface area (Å²) in [5, 5.41) is 2.50. The van der Waals surface area contributed by atoms with Crippen molar-refractivity contribution in [2.45, 2.75) is 0 Å². The van der Waals surface area contributed by atoms with E-state index in [0.29, 0.717) is 0 Å². The number of benzene rings is 3. The number of nitrogens with zero attached hydrogens (tertiary/aromatic N) is 5. The molecule has 0 spiro atoms. The standard InChI is InChI=1S/C26H16BN5O/c1-3-8-20-18(6-1)19-7-2-4-9-21(19)31(20)17-11-12-24-23(16-17)32-22-10-5-13-28-25(22)26-29-14-15-30(26)27(32)33-24/h1-16H. The average molecular weight is 425 g/mol. The van der Waals surface area contributed by atoms with Crippen molar-refractivity contribution >= 4 is 40.4 Å². The molecule has 7 heteroatoms. The highest BCUT2D eigenvalue weighted by atomic mass is 16.5. The Balaban J connectivity index is 1.39. The lowest BCUT2D eigenvalue weighted by Gasteiger charge is -2.29. The molecule has 2 aliphatic heterocycles. The third-order valence-corrected chi connectivity index (χ3v) is 6.66. The Morgan fingerprint density at radius 2 is 1.52 bits per heavy atom. The van der Waals surface area contributed by atoms with Crippen molar-refractivity contribution in [3.8, 4) is 23.0 Å². The fraction of sp³-hybridized carbons (Fsp3) is 0. The Kier molecular flexibility index (Phi) is 3.13. The van der Waals surface area contributed by atoms with Crippen LogP contribution in [-0.4, -0.2) is 26.2 Å². The number of aromatic nitrogens is 4. The van der Waals surface area contributed by atoms with Gasteiger partial charge in [-0.3, -0.25) is 4.98 Å². The smallest absolute Gasteiger partial charge is 0.521 e. The van der Waals surface area contributed by atoms with Crippen LogP contribution in [0.5, 0.6) is 5.75 Å². The van der Waals surface area contributed by atoms with Crippen molar-refractivity contribution in [1.29, 1.82) is 0 Å². The molecule has 0 saturated heterocycles. The number of imidazole rings is 1. The molecule has 0 amide bonds. The molecule has 0 bridgehead atoms. The molecule has 0 N–H and O–H groups in total. The van der Waals surface area contributed by atoms with Crippen LogP contribution in [0.3, 0.4) is 0 Å². The zero-order valence-electron chi connectivity index (χ0n) is 17.5. The minimum atomic E-state index is -0.317. The van der Waals surface area contributed by atoms with Crippen LogP contribution < -0.4 is 9.47 Å². The van der Waals surface area contributed by atoms with Gasteiger partial charge in [0, 0.05) is 35.1 Å². The molecule has 3 aromatic heterocycles. The van der Waals surface area contributed by atoms with Crippen molar-refractivity contribution in [3.63, 3.8) is 0 Å². The molecule has 3 aromatic carbocycles. The first-order valence-corrected chi connectivity index (χ1v) is 11.0. The van der Waals surface area contributed by atoms with Gasteiger partial charge in [-0.1, -0.05) is 36.4 Å². The van der Waals surface area contributed by atoms with E-state index in [4.69, 9.17) is 4.65 Å². The number of hydrogen-bond acceptors (Lipinski definition) is 4. The molecule has 0 radical (unpaired) electrons. The van der Waals surface area contributed by atoms with Gasteiger partial charge in [-0.05, 0) is 42.5 Å². The van der Waals surface area contributed by atoms with Gasteiger partial charge < -0.3 is 18.5 Å². The summed E-state index contributed by atoms with van der Waals surface area (Å²) < 4.78 is 10.8. The van der Waals surface area contributed by atoms with Crippen LogP contribution in [0.15, 0.2) is 97.5 Å². The third-order valence-electron chi connectivity index (χ3n) is 6.66. The van der Waals surface area contributed by atoms with E-state index in [1.807, 2.05) is 22.9 Å². The second kappa shape index (κ2) is 6.04. The molecule has 6 aromatic rings. The first-order valence-electron chi connectivity index (χ1n) is 11.0. The Morgan fingerprint density at radius 1 is 0.727 bits per heavy atom. The van der Waals surface area contributed by atoms with Crippen LogP contribution in [0.1, 0.15) is 0 Å². The van der Waals surface area contributed by atoms with E-state index < -0.39 is 0 Å². The Bertz CT molecular complexity index is 1680. The largest absolute Gasteiger partial charge is 0.629 e. The molecule has 0 saturated carbocycles. The maximum atomic E-state index is 6.41. The maximum Gasteiger partial charge on any atom is 0.629 e. The Labute approximate surface area is 189 Å². The highest BCUT2D eigenvalue weighted by molar-refractivity contribution is 6.61. The van der Waals surface area contributed by atoms with Crippen molar-refractivity contribution in [1.82, 2.24) is 19.0 Å². The first kappa shape index (κ1) is 17.1. The molecule has 2 aliphatic rings. The quantitative estimate of drug-likeness (QED) is 0.330. The van der Waals surface area contributed by atoms with Gasteiger partial charge in [0.1, 0.15) is 11.4 Å². The molecular formula is C26H16BN5O. The third kappa shape index (κ3) is 2.13. The minimum Gasteiger partial charge on any atom is -0.521 e. The van der Waals surface area contributed by atoms with Crippen molar-refractivity contribution < 1.29 is 4.65 Å². The van der Waals surface area contributed by atoms with E-state index in [-0.39, 0.29) is 7.19 Å². The highest BCUT2D eigenvalue weighted by Crippen LogP contribution is 2.48. The van der Waals surface area contributed by atoms with E-state index >= 15 is 0 Å². The lowest BCUT2D eigenvalue weighted by atomic mass is 9.91. The zero-order chi connectivity index (χ0) is 21.5. The molecule has 5 heterocycles. The molecule has 0 atom stereocenters. The molecule has 0 aliphatic carbocycles. The molecule has 6 nitrogen and oxygen atoms in total. The number of anilines is 2. The van der Waals surface area contributed by atoms with Crippen LogP contribution in [0.25, 0.3) is 39.0 Å². The van der Waals surface area contributed by atoms with Gasteiger partial charge in [-0.2, -0.15) is 0 Å². The van der Waals surface area contributed by atoms with E-state index in [2.05, 4.69) is 92.1 Å². The lowest BCUT2D eigenvalue weighted by molar-refractivity contribution is 0.576. The van der Waals surface area contributed by atoms with E-state index in [1.54, 1.807) is 6.20 Å². The summed E-state index contributed by atoms with van der Waals surface area (Å²) in [7, 11) is -0.317. The van der Waals surface area contributed by atoms with Gasteiger partial charge in [0.05, 0.1) is 22.4 Å². The summed E-state index contributed by atoms with van der Waals surface area (Å²) in [6.07, 6.45) is 5.56. The second-order valence-electron chi connectivity index (χ2n) is 8.37. The van der Waals surface area contributed by atoms with Gasteiger partial charge in [0.15, 0.2) is 5.82 Å².